The van der Waals surface area contributed by atoms with Crippen molar-refractivity contribution >= 4 is 11.7 Å². The third kappa shape index (κ3) is 3.42. The van der Waals surface area contributed by atoms with Crippen LogP contribution in [-0.4, -0.2) is 28.3 Å². The van der Waals surface area contributed by atoms with E-state index in [1.54, 1.807) is 18.2 Å². The van der Waals surface area contributed by atoms with Crippen molar-refractivity contribution in [1.29, 1.82) is 0 Å². The zero-order valence-electron chi connectivity index (χ0n) is 11.8. The average Bonchev–Trinajstić information content (AvgIpc) is 2.47. The molecule has 0 saturated heterocycles. The van der Waals surface area contributed by atoms with Gasteiger partial charge in [0.2, 0.25) is 0 Å². The van der Waals surface area contributed by atoms with Crippen LogP contribution in [0.2, 0.25) is 0 Å². The minimum absolute atomic E-state index is 0.0847. The highest BCUT2D eigenvalue weighted by Gasteiger charge is 2.10. The van der Waals surface area contributed by atoms with Gasteiger partial charge < -0.3 is 20.3 Å². The van der Waals surface area contributed by atoms with Crippen LogP contribution < -0.4 is 10.1 Å². The summed E-state index contributed by atoms with van der Waals surface area (Å²) >= 11 is 0. The molecule has 110 valence electrons. The van der Waals surface area contributed by atoms with Gasteiger partial charge in [-0.1, -0.05) is 0 Å². The van der Waals surface area contributed by atoms with E-state index >= 15 is 0 Å². The molecule has 3 N–H and O–H groups in total. The fraction of sp³-hybridized carbons (Fsp3) is 0.200. The molecule has 0 aliphatic rings. The summed E-state index contributed by atoms with van der Waals surface area (Å²) in [5.74, 6) is -0.411. The maximum absolute atomic E-state index is 11.0. The van der Waals surface area contributed by atoms with E-state index in [-0.39, 0.29) is 17.9 Å². The van der Waals surface area contributed by atoms with Crippen molar-refractivity contribution in [2.75, 3.05) is 12.4 Å². The smallest absolute Gasteiger partial charge is 0.335 e. The summed E-state index contributed by atoms with van der Waals surface area (Å²) in [7, 11) is 1.50. The van der Waals surface area contributed by atoms with Gasteiger partial charge in [0, 0.05) is 5.69 Å². The third-order valence-corrected chi connectivity index (χ3v) is 2.98. The predicted molar refractivity (Wildman–Crippen MR) is 77.9 cm³/mol. The summed E-state index contributed by atoms with van der Waals surface area (Å²) in [5.41, 5.74) is 1.95. The minimum Gasteiger partial charge on any atom is -0.506 e. The summed E-state index contributed by atoms with van der Waals surface area (Å²) in [4.78, 5) is 15.2. The number of nitrogens with zero attached hydrogens (tertiary/aromatic N) is 1. The van der Waals surface area contributed by atoms with Crippen LogP contribution in [0.3, 0.4) is 0 Å². The molecule has 0 fully saturated rings. The Balaban J connectivity index is 2.24. The molecule has 2 aromatic rings. The normalized spacial score (nSPS) is 10.2. The van der Waals surface area contributed by atoms with Gasteiger partial charge in [0.05, 0.1) is 24.9 Å². The Morgan fingerprint density at radius 1 is 1.33 bits per heavy atom. The maximum atomic E-state index is 11.0. The molecule has 0 bridgehead atoms. The van der Waals surface area contributed by atoms with Crippen LogP contribution in [0, 0.1) is 6.92 Å². The van der Waals surface area contributed by atoms with Crippen LogP contribution in [0.4, 0.5) is 5.69 Å². The molecule has 2 rings (SSSR count). The monoisotopic (exact) mass is 288 g/mol. The Morgan fingerprint density at radius 2 is 2.10 bits per heavy atom. The number of benzene rings is 1. The molecule has 0 spiro atoms. The number of carbonyl (C=O) groups is 1. The van der Waals surface area contributed by atoms with Crippen molar-refractivity contribution in [3.63, 3.8) is 0 Å². The second-order valence-electron chi connectivity index (χ2n) is 4.49. The number of rotatable bonds is 5. The molecule has 0 amide bonds. The lowest BCUT2D eigenvalue weighted by atomic mass is 10.2. The molecular formula is C15H16N2O4. The van der Waals surface area contributed by atoms with Crippen molar-refractivity contribution in [1.82, 2.24) is 4.98 Å². The molecule has 0 radical (unpaired) electrons. The fourth-order valence-corrected chi connectivity index (χ4v) is 1.89. The number of aromatic nitrogens is 1. The van der Waals surface area contributed by atoms with Gasteiger partial charge in [-0.2, -0.15) is 0 Å². The van der Waals surface area contributed by atoms with Gasteiger partial charge in [0.15, 0.2) is 0 Å². The molecule has 0 unspecified atom stereocenters. The number of carboxylic acid groups (broad SMARTS) is 1. The molecule has 1 aromatic heterocycles. The standard InChI is InChI=1S/C15H16N2O4/c1-9-3-5-13(18)12(17-9)8-16-11-7-10(15(19)20)4-6-14(11)21-2/h3-7,16,18H,8H2,1-2H3,(H,19,20). The van der Waals surface area contributed by atoms with Crippen LogP contribution in [-0.2, 0) is 6.54 Å². The number of hydrogen-bond donors (Lipinski definition) is 3. The van der Waals surface area contributed by atoms with E-state index in [2.05, 4.69) is 10.3 Å². The molecule has 0 aliphatic heterocycles. The molecule has 1 aromatic carbocycles. The first-order valence-corrected chi connectivity index (χ1v) is 6.32. The number of aromatic hydroxyl groups is 1. The fourth-order valence-electron chi connectivity index (χ4n) is 1.89. The second kappa shape index (κ2) is 6.13. The lowest BCUT2D eigenvalue weighted by Gasteiger charge is -2.12. The zero-order valence-corrected chi connectivity index (χ0v) is 11.8. The first-order chi connectivity index (χ1) is 10.0. The van der Waals surface area contributed by atoms with E-state index in [1.807, 2.05) is 6.92 Å². The van der Waals surface area contributed by atoms with Gasteiger partial charge >= 0.3 is 5.97 Å². The van der Waals surface area contributed by atoms with E-state index in [1.165, 1.54) is 19.2 Å². The van der Waals surface area contributed by atoms with Crippen LogP contribution in [0.5, 0.6) is 11.5 Å². The van der Waals surface area contributed by atoms with E-state index in [4.69, 9.17) is 9.84 Å². The van der Waals surface area contributed by atoms with Gasteiger partial charge in [0.1, 0.15) is 17.2 Å². The minimum atomic E-state index is -1.02. The lowest BCUT2D eigenvalue weighted by Crippen LogP contribution is -2.06. The van der Waals surface area contributed by atoms with E-state index in [0.29, 0.717) is 17.1 Å². The number of hydrogen-bond acceptors (Lipinski definition) is 5. The van der Waals surface area contributed by atoms with Crippen LogP contribution in [0.1, 0.15) is 21.7 Å². The van der Waals surface area contributed by atoms with Crippen molar-refractivity contribution in [3.05, 3.63) is 47.3 Å². The van der Waals surface area contributed by atoms with E-state index in [0.717, 1.165) is 5.69 Å². The number of aryl methyl sites for hydroxylation is 1. The molecule has 1 heterocycles. The van der Waals surface area contributed by atoms with E-state index in [9.17, 15) is 9.90 Å². The lowest BCUT2D eigenvalue weighted by molar-refractivity contribution is 0.0697. The van der Waals surface area contributed by atoms with Crippen molar-refractivity contribution in [3.8, 4) is 11.5 Å². The summed E-state index contributed by atoms with van der Waals surface area (Å²) in [6.45, 7) is 2.08. The summed E-state index contributed by atoms with van der Waals surface area (Å²) < 4.78 is 5.18. The molecule has 0 aliphatic carbocycles. The number of pyridine rings is 1. The van der Waals surface area contributed by atoms with E-state index < -0.39 is 5.97 Å². The van der Waals surface area contributed by atoms with Gasteiger partial charge in [0.25, 0.3) is 0 Å². The molecule has 6 heteroatoms. The summed E-state index contributed by atoms with van der Waals surface area (Å²) in [6, 6.07) is 7.81. The van der Waals surface area contributed by atoms with Crippen molar-refractivity contribution in [2.24, 2.45) is 0 Å². The van der Waals surface area contributed by atoms with Gasteiger partial charge in [-0.25, -0.2) is 4.79 Å². The Bertz CT molecular complexity index is 671. The van der Waals surface area contributed by atoms with Crippen LogP contribution in [0.15, 0.2) is 30.3 Å². The molecule has 0 atom stereocenters. The summed E-state index contributed by atoms with van der Waals surface area (Å²) in [6.07, 6.45) is 0. The van der Waals surface area contributed by atoms with Gasteiger partial charge in [-0.3, -0.25) is 4.98 Å². The number of anilines is 1. The molecule has 21 heavy (non-hydrogen) atoms. The SMILES string of the molecule is COc1ccc(C(=O)O)cc1NCc1nc(C)ccc1O. The Labute approximate surface area is 122 Å². The Kier molecular flexibility index (Phi) is 4.27. The van der Waals surface area contributed by atoms with Gasteiger partial charge in [-0.15, -0.1) is 0 Å². The van der Waals surface area contributed by atoms with Crippen LogP contribution >= 0.6 is 0 Å². The number of ether oxygens (including phenoxy) is 1. The third-order valence-electron chi connectivity index (χ3n) is 2.98. The summed E-state index contributed by atoms with van der Waals surface area (Å²) in [5, 5.41) is 21.8. The molecule has 6 nitrogen and oxygen atoms in total. The van der Waals surface area contributed by atoms with Gasteiger partial charge in [-0.05, 0) is 37.3 Å². The van der Waals surface area contributed by atoms with Crippen molar-refractivity contribution < 1.29 is 19.7 Å². The number of methoxy groups -OCH3 is 1. The highest BCUT2D eigenvalue weighted by molar-refractivity contribution is 5.89. The highest BCUT2D eigenvalue weighted by atomic mass is 16.5. The predicted octanol–water partition coefficient (Wildman–Crippen LogP) is 2.41. The molecule has 0 saturated carbocycles. The van der Waals surface area contributed by atoms with Crippen LogP contribution in [0.25, 0.3) is 0 Å². The highest BCUT2D eigenvalue weighted by Crippen LogP contribution is 2.27. The number of aromatic carboxylic acids is 1. The Hall–Kier alpha value is -2.76. The largest absolute Gasteiger partial charge is 0.506 e. The number of nitrogens with one attached hydrogen (secondary N) is 1. The van der Waals surface area contributed by atoms with Crippen molar-refractivity contribution in [2.45, 2.75) is 13.5 Å². The first-order valence-electron chi connectivity index (χ1n) is 6.32. The average molecular weight is 288 g/mol. The quantitative estimate of drug-likeness (QED) is 0.782. The second-order valence-corrected chi connectivity index (χ2v) is 4.49. The zero-order chi connectivity index (χ0) is 15.4. The Morgan fingerprint density at radius 3 is 2.76 bits per heavy atom. The molecular weight excluding hydrogens is 272 g/mol. The first kappa shape index (κ1) is 14.6. The topological polar surface area (TPSA) is 91.7 Å². The maximum Gasteiger partial charge on any atom is 0.335 e. The number of carboxylic acids is 1.